The second-order valence-corrected chi connectivity index (χ2v) is 5.27. The molecule has 0 fully saturated rings. The van der Waals surface area contributed by atoms with Crippen molar-refractivity contribution in [1.82, 2.24) is 4.98 Å². The van der Waals surface area contributed by atoms with Crippen molar-refractivity contribution in [3.8, 4) is 11.1 Å². The summed E-state index contributed by atoms with van der Waals surface area (Å²) in [5.74, 6) is 0.515. The molecule has 4 rings (SSSR count). The van der Waals surface area contributed by atoms with E-state index in [0.29, 0.717) is 5.82 Å². The summed E-state index contributed by atoms with van der Waals surface area (Å²) in [6, 6.07) is 18.9. The van der Waals surface area contributed by atoms with E-state index >= 15 is 0 Å². The second-order valence-electron chi connectivity index (χ2n) is 5.27. The fraction of sp³-hybridized carbons (Fsp3) is 0.0556. The second kappa shape index (κ2) is 4.63. The van der Waals surface area contributed by atoms with E-state index in [4.69, 9.17) is 5.73 Å². The minimum Gasteiger partial charge on any atom is -0.382 e. The number of hydrogen-bond donors (Lipinski definition) is 2. The highest BCUT2D eigenvalue weighted by Crippen LogP contribution is 2.38. The quantitative estimate of drug-likeness (QED) is 0.581. The lowest BCUT2D eigenvalue weighted by molar-refractivity contribution is 1.26. The van der Waals surface area contributed by atoms with Crippen LogP contribution < -0.4 is 11.1 Å². The number of benzene rings is 2. The van der Waals surface area contributed by atoms with Crippen molar-refractivity contribution in [1.29, 1.82) is 0 Å². The highest BCUT2D eigenvalue weighted by Gasteiger charge is 2.17. The zero-order chi connectivity index (χ0) is 14.2. The molecule has 21 heavy (non-hydrogen) atoms. The molecule has 0 unspecified atom stereocenters. The molecule has 0 bridgehead atoms. The molecule has 1 aliphatic carbocycles. The van der Waals surface area contributed by atoms with Gasteiger partial charge in [0.05, 0.1) is 5.69 Å². The Kier molecular flexibility index (Phi) is 2.64. The Bertz CT molecular complexity index is 824. The topological polar surface area (TPSA) is 50.9 Å². The predicted molar refractivity (Wildman–Crippen MR) is 86.6 cm³/mol. The van der Waals surface area contributed by atoms with Crippen LogP contribution in [0.4, 0.5) is 17.2 Å². The van der Waals surface area contributed by atoms with Crippen LogP contribution in [0.5, 0.6) is 0 Å². The van der Waals surface area contributed by atoms with E-state index in [-0.39, 0.29) is 0 Å². The molecular weight excluding hydrogens is 258 g/mol. The molecule has 0 radical (unpaired) electrons. The standard InChI is InChI=1S/C18H15N3/c19-18-17(6-3-9-20-18)21-14-7-8-16-13(11-14)10-12-4-1-2-5-15(12)16/h1-9,11,21H,10H2,(H2,19,20). The van der Waals surface area contributed by atoms with Gasteiger partial charge in [-0.3, -0.25) is 0 Å². The Morgan fingerprint density at radius 2 is 1.76 bits per heavy atom. The monoisotopic (exact) mass is 273 g/mol. The third-order valence-electron chi connectivity index (χ3n) is 3.91. The van der Waals surface area contributed by atoms with Crippen LogP contribution in [0.2, 0.25) is 0 Å². The van der Waals surface area contributed by atoms with Gasteiger partial charge in [0.2, 0.25) is 0 Å². The Morgan fingerprint density at radius 3 is 2.67 bits per heavy atom. The SMILES string of the molecule is Nc1ncccc1Nc1ccc2c(c1)Cc1ccccc1-2. The molecule has 2 aromatic carbocycles. The van der Waals surface area contributed by atoms with Crippen molar-refractivity contribution in [2.45, 2.75) is 6.42 Å². The number of pyridine rings is 1. The van der Waals surface area contributed by atoms with Crippen LogP contribution in [0.3, 0.4) is 0 Å². The molecule has 0 saturated heterocycles. The van der Waals surface area contributed by atoms with Crippen molar-refractivity contribution in [2.75, 3.05) is 11.1 Å². The first-order valence-corrected chi connectivity index (χ1v) is 7.00. The Labute approximate surface area is 123 Å². The van der Waals surface area contributed by atoms with Crippen molar-refractivity contribution < 1.29 is 0 Å². The molecule has 3 heteroatoms. The van der Waals surface area contributed by atoms with Gasteiger partial charge in [-0.05, 0) is 52.9 Å². The highest BCUT2D eigenvalue weighted by molar-refractivity contribution is 5.80. The summed E-state index contributed by atoms with van der Waals surface area (Å²) in [7, 11) is 0. The molecule has 0 atom stereocenters. The smallest absolute Gasteiger partial charge is 0.147 e. The van der Waals surface area contributed by atoms with E-state index in [2.05, 4.69) is 52.8 Å². The molecule has 3 nitrogen and oxygen atoms in total. The maximum atomic E-state index is 5.88. The molecule has 3 aromatic rings. The zero-order valence-electron chi connectivity index (χ0n) is 11.5. The van der Waals surface area contributed by atoms with Gasteiger partial charge in [-0.1, -0.05) is 30.3 Å². The van der Waals surface area contributed by atoms with Gasteiger partial charge in [0.1, 0.15) is 5.82 Å². The summed E-state index contributed by atoms with van der Waals surface area (Å²) in [5, 5.41) is 3.34. The van der Waals surface area contributed by atoms with E-state index in [9.17, 15) is 0 Å². The average molecular weight is 273 g/mol. The van der Waals surface area contributed by atoms with Gasteiger partial charge < -0.3 is 11.1 Å². The highest BCUT2D eigenvalue weighted by atomic mass is 15.0. The van der Waals surface area contributed by atoms with E-state index in [1.807, 2.05) is 12.1 Å². The van der Waals surface area contributed by atoms with Gasteiger partial charge in [0, 0.05) is 11.9 Å². The number of nitrogens with zero attached hydrogens (tertiary/aromatic N) is 1. The van der Waals surface area contributed by atoms with Crippen LogP contribution in [0.1, 0.15) is 11.1 Å². The number of nitrogens with one attached hydrogen (secondary N) is 1. The van der Waals surface area contributed by atoms with Crippen molar-refractivity contribution >= 4 is 17.2 Å². The molecular formula is C18H15N3. The summed E-state index contributed by atoms with van der Waals surface area (Å²) in [6.45, 7) is 0. The first-order chi connectivity index (χ1) is 10.3. The number of nitrogens with two attached hydrogens (primary N) is 1. The molecule has 0 spiro atoms. The maximum Gasteiger partial charge on any atom is 0.147 e. The number of fused-ring (bicyclic) bond motifs is 3. The predicted octanol–water partition coefficient (Wildman–Crippen LogP) is 3.98. The lowest BCUT2D eigenvalue weighted by atomic mass is 10.1. The Hall–Kier alpha value is -2.81. The van der Waals surface area contributed by atoms with Gasteiger partial charge >= 0.3 is 0 Å². The molecule has 102 valence electrons. The average Bonchev–Trinajstić information content (AvgIpc) is 2.87. The molecule has 0 saturated carbocycles. The number of rotatable bonds is 2. The van der Waals surface area contributed by atoms with E-state index in [1.165, 1.54) is 22.3 Å². The normalized spacial score (nSPS) is 11.8. The largest absolute Gasteiger partial charge is 0.382 e. The third kappa shape index (κ3) is 2.03. The summed E-state index contributed by atoms with van der Waals surface area (Å²) in [6.07, 6.45) is 2.68. The van der Waals surface area contributed by atoms with Gasteiger partial charge in [-0.15, -0.1) is 0 Å². The number of nitrogen functional groups attached to an aromatic ring is 1. The fourth-order valence-electron chi connectivity index (χ4n) is 2.90. The van der Waals surface area contributed by atoms with Gasteiger partial charge in [0.25, 0.3) is 0 Å². The molecule has 0 amide bonds. The van der Waals surface area contributed by atoms with Gasteiger partial charge in [-0.25, -0.2) is 4.98 Å². The summed E-state index contributed by atoms with van der Waals surface area (Å²) < 4.78 is 0. The number of hydrogen-bond acceptors (Lipinski definition) is 3. The van der Waals surface area contributed by atoms with Crippen molar-refractivity contribution in [3.63, 3.8) is 0 Å². The molecule has 1 aliphatic rings. The molecule has 1 heterocycles. The lowest BCUT2D eigenvalue weighted by Crippen LogP contribution is -1.98. The maximum absolute atomic E-state index is 5.88. The minimum atomic E-state index is 0.515. The van der Waals surface area contributed by atoms with Gasteiger partial charge in [-0.2, -0.15) is 0 Å². The Balaban J connectivity index is 1.69. The molecule has 1 aromatic heterocycles. The fourth-order valence-corrected chi connectivity index (χ4v) is 2.90. The summed E-state index contributed by atoms with van der Waals surface area (Å²) in [5.41, 5.74) is 13.2. The molecule has 3 N–H and O–H groups in total. The van der Waals surface area contributed by atoms with Crippen LogP contribution in [-0.2, 0) is 6.42 Å². The van der Waals surface area contributed by atoms with Crippen molar-refractivity contribution in [2.24, 2.45) is 0 Å². The van der Waals surface area contributed by atoms with Crippen LogP contribution in [0.15, 0.2) is 60.8 Å². The zero-order valence-corrected chi connectivity index (χ0v) is 11.5. The summed E-state index contributed by atoms with van der Waals surface area (Å²) in [4.78, 5) is 4.10. The minimum absolute atomic E-state index is 0.515. The van der Waals surface area contributed by atoms with E-state index in [0.717, 1.165) is 17.8 Å². The number of aromatic nitrogens is 1. The van der Waals surface area contributed by atoms with Crippen LogP contribution >= 0.6 is 0 Å². The van der Waals surface area contributed by atoms with E-state index in [1.54, 1.807) is 6.20 Å². The van der Waals surface area contributed by atoms with Crippen LogP contribution in [-0.4, -0.2) is 4.98 Å². The van der Waals surface area contributed by atoms with Gasteiger partial charge in [0.15, 0.2) is 0 Å². The number of anilines is 3. The van der Waals surface area contributed by atoms with Crippen LogP contribution in [0.25, 0.3) is 11.1 Å². The third-order valence-corrected chi connectivity index (χ3v) is 3.91. The summed E-state index contributed by atoms with van der Waals surface area (Å²) >= 11 is 0. The first-order valence-electron chi connectivity index (χ1n) is 7.00. The van der Waals surface area contributed by atoms with Crippen molar-refractivity contribution in [3.05, 3.63) is 71.9 Å². The van der Waals surface area contributed by atoms with Crippen LogP contribution in [0, 0.1) is 0 Å². The lowest BCUT2D eigenvalue weighted by Gasteiger charge is -2.10. The molecule has 0 aliphatic heterocycles. The van der Waals surface area contributed by atoms with E-state index < -0.39 is 0 Å². The first kappa shape index (κ1) is 12.0. The Morgan fingerprint density at radius 1 is 0.905 bits per heavy atom.